The molecule has 1 atom stereocenters. The lowest BCUT2D eigenvalue weighted by Crippen LogP contribution is -2.44. The van der Waals surface area contributed by atoms with Gasteiger partial charge in [0.25, 0.3) is 0 Å². The highest BCUT2D eigenvalue weighted by atomic mass is 32.2. The van der Waals surface area contributed by atoms with Crippen LogP contribution in [-0.4, -0.2) is 38.4 Å². The number of halogens is 1. The first-order valence-electron chi connectivity index (χ1n) is 8.88. The van der Waals surface area contributed by atoms with Gasteiger partial charge in [0.2, 0.25) is 10.0 Å². The normalized spacial score (nSPS) is 18.6. The molecule has 2 heterocycles. The Kier molecular flexibility index (Phi) is 4.85. The average Bonchev–Trinajstić information content (AvgIpc) is 2.93. The third-order valence-electron chi connectivity index (χ3n) is 5.48. The number of nitrogens with one attached hydrogen (secondary N) is 1. The first kappa shape index (κ1) is 18.6. The number of nitrogens with zero attached hydrogens (tertiary/aromatic N) is 1. The topological polar surface area (TPSA) is 51.1 Å². The summed E-state index contributed by atoms with van der Waals surface area (Å²) in [6, 6.07) is 4.51. The fourth-order valence-corrected chi connectivity index (χ4v) is 8.42. The van der Waals surface area contributed by atoms with Crippen molar-refractivity contribution in [1.29, 1.82) is 0 Å². The quantitative estimate of drug-likeness (QED) is 0.821. The number of rotatable bonds is 4. The summed E-state index contributed by atoms with van der Waals surface area (Å²) in [7, 11) is -5.48. The number of hydrogen-bond donors (Lipinski definition) is 1. The first-order chi connectivity index (χ1) is 11.6. The molecule has 4 nitrogen and oxygen atoms in total. The number of fused-ring (bicyclic) bond motifs is 1. The highest BCUT2D eigenvalue weighted by Crippen LogP contribution is 2.35. The zero-order valence-electron chi connectivity index (χ0n) is 15.3. The van der Waals surface area contributed by atoms with Crippen molar-refractivity contribution in [2.24, 2.45) is 0 Å². The second kappa shape index (κ2) is 6.52. The summed E-state index contributed by atoms with van der Waals surface area (Å²) in [4.78, 5) is -0.445. The van der Waals surface area contributed by atoms with Crippen LogP contribution in [0.25, 0.3) is 10.9 Å². The number of hydrogen-bond acceptors (Lipinski definition) is 3. The molecular weight excluding hydrogens is 355 g/mol. The van der Waals surface area contributed by atoms with Crippen LogP contribution in [0.3, 0.4) is 0 Å². The molecule has 0 bridgehead atoms. The van der Waals surface area contributed by atoms with Crippen LogP contribution in [0.4, 0.5) is 4.39 Å². The maximum absolute atomic E-state index is 13.9. The van der Waals surface area contributed by atoms with Crippen LogP contribution in [0, 0.1) is 5.82 Å². The van der Waals surface area contributed by atoms with Crippen molar-refractivity contribution in [3.63, 3.8) is 0 Å². The molecule has 25 heavy (non-hydrogen) atoms. The molecule has 1 fully saturated rings. The fraction of sp³-hybridized carbons (Fsp3) is 0.556. The molecule has 1 saturated heterocycles. The van der Waals surface area contributed by atoms with Crippen LogP contribution < -0.4 is 5.32 Å². The number of piperidine rings is 1. The van der Waals surface area contributed by atoms with E-state index < -0.39 is 28.8 Å². The third-order valence-corrected chi connectivity index (χ3v) is 12.7. The van der Waals surface area contributed by atoms with Gasteiger partial charge in [-0.25, -0.2) is 16.8 Å². The molecule has 0 aliphatic carbocycles. The molecule has 0 spiro atoms. The SMILES string of the molecule is CC([Si](C)(C)C)S(=O)(=O)n1cc(C2CCNCC2)c2ccc(F)cc21. The van der Waals surface area contributed by atoms with Crippen molar-refractivity contribution in [2.75, 3.05) is 13.1 Å². The molecule has 7 heteroatoms. The van der Waals surface area contributed by atoms with Gasteiger partial charge in [0.1, 0.15) is 5.82 Å². The summed E-state index contributed by atoms with van der Waals surface area (Å²) < 4.78 is 41.8. The summed E-state index contributed by atoms with van der Waals surface area (Å²) >= 11 is 0. The largest absolute Gasteiger partial charge is 0.317 e. The van der Waals surface area contributed by atoms with Crippen LogP contribution in [0.5, 0.6) is 0 Å². The zero-order valence-corrected chi connectivity index (χ0v) is 17.2. The van der Waals surface area contributed by atoms with E-state index in [2.05, 4.69) is 25.0 Å². The number of aromatic nitrogens is 1. The van der Waals surface area contributed by atoms with Crippen molar-refractivity contribution in [3.8, 4) is 0 Å². The number of benzene rings is 1. The summed E-state index contributed by atoms with van der Waals surface area (Å²) in [5, 5.41) is 4.20. The van der Waals surface area contributed by atoms with E-state index in [-0.39, 0.29) is 0 Å². The predicted octanol–water partition coefficient (Wildman–Crippen LogP) is 3.69. The molecule has 0 amide bonds. The van der Waals surface area contributed by atoms with Crippen LogP contribution in [0.2, 0.25) is 19.6 Å². The Morgan fingerprint density at radius 1 is 1.24 bits per heavy atom. The molecule has 1 aromatic heterocycles. The highest BCUT2D eigenvalue weighted by Gasteiger charge is 2.36. The lowest BCUT2D eigenvalue weighted by Gasteiger charge is -2.25. The Morgan fingerprint density at radius 3 is 2.48 bits per heavy atom. The third kappa shape index (κ3) is 3.41. The van der Waals surface area contributed by atoms with Gasteiger partial charge in [0.05, 0.1) is 18.5 Å². The molecule has 1 aliphatic rings. The average molecular weight is 383 g/mol. The standard InChI is InChI=1S/C18H27FN2O2SSi/c1-13(25(2,3)4)24(22,23)21-12-17(14-7-9-20-10-8-14)16-6-5-15(19)11-18(16)21/h5-6,11-14,20H,7-10H2,1-4H3. The van der Waals surface area contributed by atoms with Crippen molar-refractivity contribution in [1.82, 2.24) is 9.29 Å². The van der Waals surface area contributed by atoms with Crippen LogP contribution >= 0.6 is 0 Å². The van der Waals surface area contributed by atoms with Gasteiger partial charge < -0.3 is 5.32 Å². The van der Waals surface area contributed by atoms with E-state index in [1.54, 1.807) is 19.2 Å². The fourth-order valence-electron chi connectivity index (χ4n) is 3.48. The summed E-state index contributed by atoms with van der Waals surface area (Å²) in [6.45, 7) is 9.80. The van der Waals surface area contributed by atoms with Gasteiger partial charge in [-0.05, 0) is 62.5 Å². The monoisotopic (exact) mass is 382 g/mol. The minimum absolute atomic E-state index is 0.313. The molecule has 1 N–H and O–H groups in total. The van der Waals surface area contributed by atoms with Crippen molar-refractivity contribution < 1.29 is 12.8 Å². The second-order valence-electron chi connectivity index (χ2n) is 8.12. The molecule has 1 aliphatic heterocycles. The first-order valence-corrected chi connectivity index (χ1v) is 14.0. The van der Waals surface area contributed by atoms with Crippen LogP contribution in [0.15, 0.2) is 24.4 Å². The van der Waals surface area contributed by atoms with E-state index >= 15 is 0 Å². The molecule has 1 aromatic carbocycles. The summed E-state index contributed by atoms with van der Waals surface area (Å²) in [6.07, 6.45) is 3.70. The predicted molar refractivity (Wildman–Crippen MR) is 104 cm³/mol. The van der Waals surface area contributed by atoms with E-state index in [0.29, 0.717) is 11.4 Å². The van der Waals surface area contributed by atoms with Crippen molar-refractivity contribution in [2.45, 2.75) is 50.2 Å². The van der Waals surface area contributed by atoms with E-state index in [1.165, 1.54) is 16.1 Å². The molecule has 3 rings (SSSR count). The minimum Gasteiger partial charge on any atom is -0.317 e. The van der Waals surface area contributed by atoms with Gasteiger partial charge in [-0.3, -0.25) is 0 Å². The molecule has 0 radical (unpaired) electrons. The van der Waals surface area contributed by atoms with Crippen LogP contribution in [0.1, 0.15) is 31.2 Å². The van der Waals surface area contributed by atoms with Crippen molar-refractivity contribution >= 4 is 29.0 Å². The molecular formula is C18H27FN2O2SSi. The molecule has 1 unspecified atom stereocenters. The summed E-state index contributed by atoms with van der Waals surface area (Å²) in [5.41, 5.74) is 1.50. The maximum atomic E-state index is 13.9. The lowest BCUT2D eigenvalue weighted by atomic mass is 9.90. The Labute approximate surface area is 150 Å². The van der Waals surface area contributed by atoms with Gasteiger partial charge in [0, 0.05) is 11.6 Å². The molecule has 0 saturated carbocycles. The summed E-state index contributed by atoms with van der Waals surface area (Å²) in [5.74, 6) is -0.0904. The van der Waals surface area contributed by atoms with Gasteiger partial charge in [0.15, 0.2) is 0 Å². The second-order valence-corrected chi connectivity index (χ2v) is 16.3. The highest BCUT2D eigenvalue weighted by molar-refractivity contribution is 7.92. The Hall–Kier alpha value is -1.18. The minimum atomic E-state index is -3.56. The Balaban J connectivity index is 2.20. The van der Waals surface area contributed by atoms with Crippen molar-refractivity contribution in [3.05, 3.63) is 35.8 Å². The van der Waals surface area contributed by atoms with Gasteiger partial charge in [-0.2, -0.15) is 0 Å². The Bertz CT molecular complexity index is 880. The molecule has 2 aromatic rings. The molecule has 138 valence electrons. The van der Waals surface area contributed by atoms with Gasteiger partial charge in [-0.1, -0.05) is 19.6 Å². The zero-order chi connectivity index (χ0) is 18.4. The van der Waals surface area contributed by atoms with E-state index in [9.17, 15) is 12.8 Å². The van der Waals surface area contributed by atoms with Gasteiger partial charge in [-0.15, -0.1) is 0 Å². The van der Waals surface area contributed by atoms with Gasteiger partial charge >= 0.3 is 0 Å². The van der Waals surface area contributed by atoms with E-state index in [4.69, 9.17) is 0 Å². The Morgan fingerprint density at radius 2 is 1.88 bits per heavy atom. The van der Waals surface area contributed by atoms with Crippen LogP contribution in [-0.2, 0) is 10.0 Å². The smallest absolute Gasteiger partial charge is 0.238 e. The van der Waals surface area contributed by atoms with E-state index in [0.717, 1.165) is 36.9 Å². The maximum Gasteiger partial charge on any atom is 0.238 e. The lowest BCUT2D eigenvalue weighted by molar-refractivity contribution is 0.462. The van der Waals surface area contributed by atoms with E-state index in [1.807, 2.05) is 0 Å².